The molecule has 2 saturated heterocycles. The van der Waals surface area contributed by atoms with Gasteiger partial charge in [0.1, 0.15) is 0 Å². The van der Waals surface area contributed by atoms with Crippen LogP contribution in [0.1, 0.15) is 45.4 Å². The van der Waals surface area contributed by atoms with E-state index in [2.05, 4.69) is 17.1 Å². The third-order valence-electron chi connectivity index (χ3n) is 4.08. The highest BCUT2D eigenvalue weighted by molar-refractivity contribution is 5.77. The van der Waals surface area contributed by atoms with Crippen molar-refractivity contribution in [3.8, 4) is 0 Å². The Kier molecular flexibility index (Phi) is 5.29. The van der Waals surface area contributed by atoms with Crippen LogP contribution < -0.4 is 5.32 Å². The van der Waals surface area contributed by atoms with Crippen molar-refractivity contribution in [1.29, 1.82) is 0 Å². The van der Waals surface area contributed by atoms with E-state index in [4.69, 9.17) is 0 Å². The zero-order valence-corrected chi connectivity index (χ0v) is 11.7. The van der Waals surface area contributed by atoms with E-state index >= 15 is 0 Å². The molecule has 2 aliphatic rings. The fourth-order valence-corrected chi connectivity index (χ4v) is 2.96. The van der Waals surface area contributed by atoms with Crippen LogP contribution in [0, 0.1) is 0 Å². The zero-order valence-electron chi connectivity index (χ0n) is 11.7. The van der Waals surface area contributed by atoms with Gasteiger partial charge in [-0.2, -0.15) is 0 Å². The van der Waals surface area contributed by atoms with Gasteiger partial charge in [0.25, 0.3) is 0 Å². The van der Waals surface area contributed by atoms with Crippen molar-refractivity contribution in [3.05, 3.63) is 0 Å². The molecule has 0 saturated carbocycles. The van der Waals surface area contributed by atoms with Crippen molar-refractivity contribution in [1.82, 2.24) is 15.1 Å². The monoisotopic (exact) mass is 253 g/mol. The number of piperazine rings is 1. The Balaban J connectivity index is 1.63. The van der Waals surface area contributed by atoms with E-state index in [9.17, 15) is 4.79 Å². The highest BCUT2D eigenvalue weighted by Gasteiger charge is 2.37. The van der Waals surface area contributed by atoms with E-state index in [-0.39, 0.29) is 6.03 Å². The van der Waals surface area contributed by atoms with Crippen molar-refractivity contribution in [2.45, 2.75) is 51.5 Å². The van der Waals surface area contributed by atoms with Gasteiger partial charge in [0.2, 0.25) is 0 Å². The van der Waals surface area contributed by atoms with Crippen molar-refractivity contribution >= 4 is 6.03 Å². The van der Waals surface area contributed by atoms with E-state index < -0.39 is 0 Å². The smallest absolute Gasteiger partial charge is 0.320 e. The Hall–Kier alpha value is -0.770. The maximum Gasteiger partial charge on any atom is 0.320 e. The fourth-order valence-electron chi connectivity index (χ4n) is 2.96. The second-order valence-corrected chi connectivity index (χ2v) is 5.55. The zero-order chi connectivity index (χ0) is 12.8. The lowest BCUT2D eigenvalue weighted by Crippen LogP contribution is -2.49. The minimum absolute atomic E-state index is 0.273. The first kappa shape index (κ1) is 13.7. The standard InChI is InChI=1S/C14H27N3O/c1-2-3-4-5-6-7-9-16-12-13-11-15-8-10-17(13)14(16)18/h13,15H,2-12H2,1H3. The predicted molar refractivity (Wildman–Crippen MR) is 73.7 cm³/mol. The molecule has 0 aromatic rings. The summed E-state index contributed by atoms with van der Waals surface area (Å²) in [5.74, 6) is 0. The van der Waals surface area contributed by atoms with Crippen molar-refractivity contribution in [3.63, 3.8) is 0 Å². The number of hydrogen-bond donors (Lipinski definition) is 1. The number of rotatable bonds is 7. The van der Waals surface area contributed by atoms with Crippen LogP contribution in [0.3, 0.4) is 0 Å². The summed E-state index contributed by atoms with van der Waals surface area (Å²) in [4.78, 5) is 16.2. The molecule has 2 amide bonds. The number of carbonyl (C=O) groups is 1. The molecule has 18 heavy (non-hydrogen) atoms. The summed E-state index contributed by atoms with van der Waals surface area (Å²) < 4.78 is 0. The largest absolute Gasteiger partial charge is 0.323 e. The van der Waals surface area contributed by atoms with Crippen LogP contribution in [-0.2, 0) is 0 Å². The molecular formula is C14H27N3O. The lowest BCUT2D eigenvalue weighted by molar-refractivity contribution is 0.179. The summed E-state index contributed by atoms with van der Waals surface area (Å²) in [6, 6.07) is 0.696. The van der Waals surface area contributed by atoms with Crippen LogP contribution in [-0.4, -0.2) is 54.6 Å². The Bertz CT molecular complexity index is 270. The van der Waals surface area contributed by atoms with E-state index in [0.29, 0.717) is 6.04 Å². The maximum absolute atomic E-state index is 12.1. The summed E-state index contributed by atoms with van der Waals surface area (Å²) >= 11 is 0. The molecule has 0 bridgehead atoms. The van der Waals surface area contributed by atoms with Crippen LogP contribution >= 0.6 is 0 Å². The van der Waals surface area contributed by atoms with Gasteiger partial charge in [-0.15, -0.1) is 0 Å². The van der Waals surface area contributed by atoms with Crippen LogP contribution in [0.4, 0.5) is 4.79 Å². The lowest BCUT2D eigenvalue weighted by Gasteiger charge is -2.28. The highest BCUT2D eigenvalue weighted by Crippen LogP contribution is 2.18. The van der Waals surface area contributed by atoms with Crippen molar-refractivity contribution < 1.29 is 4.79 Å². The quantitative estimate of drug-likeness (QED) is 0.705. The first-order valence-corrected chi connectivity index (χ1v) is 7.59. The Morgan fingerprint density at radius 3 is 2.78 bits per heavy atom. The van der Waals surface area contributed by atoms with Crippen molar-refractivity contribution in [2.75, 3.05) is 32.7 Å². The molecular weight excluding hydrogens is 226 g/mol. The van der Waals surface area contributed by atoms with Gasteiger partial charge in [-0.05, 0) is 6.42 Å². The summed E-state index contributed by atoms with van der Waals surface area (Å²) in [6.45, 7) is 6.94. The van der Waals surface area contributed by atoms with Gasteiger partial charge in [-0.25, -0.2) is 4.79 Å². The summed E-state index contributed by atoms with van der Waals surface area (Å²) in [5.41, 5.74) is 0. The number of nitrogens with one attached hydrogen (secondary N) is 1. The number of fused-ring (bicyclic) bond motifs is 1. The topological polar surface area (TPSA) is 35.6 Å². The summed E-state index contributed by atoms with van der Waals surface area (Å²) in [5, 5.41) is 3.37. The molecule has 1 unspecified atom stereocenters. The van der Waals surface area contributed by atoms with E-state index in [1.165, 1.54) is 38.5 Å². The Labute approximate surface area is 111 Å². The molecule has 104 valence electrons. The van der Waals surface area contributed by atoms with Crippen LogP contribution in [0.5, 0.6) is 0 Å². The number of nitrogens with zero attached hydrogens (tertiary/aromatic N) is 2. The minimum atomic E-state index is 0.273. The van der Waals surface area contributed by atoms with Gasteiger partial charge in [0.15, 0.2) is 0 Å². The molecule has 4 heteroatoms. The molecule has 2 heterocycles. The highest BCUT2D eigenvalue weighted by atomic mass is 16.2. The van der Waals surface area contributed by atoms with E-state index in [0.717, 1.165) is 32.7 Å². The molecule has 0 aliphatic carbocycles. The third kappa shape index (κ3) is 3.37. The van der Waals surface area contributed by atoms with Gasteiger partial charge in [0, 0.05) is 32.7 Å². The van der Waals surface area contributed by atoms with Crippen LogP contribution in [0.25, 0.3) is 0 Å². The van der Waals surface area contributed by atoms with Gasteiger partial charge in [0.05, 0.1) is 6.04 Å². The molecule has 2 aliphatic heterocycles. The van der Waals surface area contributed by atoms with Gasteiger partial charge >= 0.3 is 6.03 Å². The average Bonchev–Trinajstić information content (AvgIpc) is 2.71. The third-order valence-corrected chi connectivity index (χ3v) is 4.08. The minimum Gasteiger partial charge on any atom is -0.323 e. The van der Waals surface area contributed by atoms with Crippen LogP contribution in [0.15, 0.2) is 0 Å². The number of amides is 2. The molecule has 0 radical (unpaired) electrons. The van der Waals surface area contributed by atoms with Crippen molar-refractivity contribution in [2.24, 2.45) is 0 Å². The van der Waals surface area contributed by atoms with Crippen LogP contribution in [0.2, 0.25) is 0 Å². The maximum atomic E-state index is 12.1. The molecule has 0 aromatic carbocycles. The molecule has 1 atom stereocenters. The number of urea groups is 1. The Morgan fingerprint density at radius 1 is 1.22 bits per heavy atom. The molecule has 1 N–H and O–H groups in total. The first-order chi connectivity index (χ1) is 8.83. The molecule has 0 aromatic heterocycles. The SMILES string of the molecule is CCCCCCCCN1CC2CNCCN2C1=O. The Morgan fingerprint density at radius 2 is 2.00 bits per heavy atom. The second kappa shape index (κ2) is 6.98. The molecule has 4 nitrogen and oxygen atoms in total. The lowest BCUT2D eigenvalue weighted by atomic mass is 10.1. The van der Waals surface area contributed by atoms with Gasteiger partial charge < -0.3 is 15.1 Å². The van der Waals surface area contributed by atoms with E-state index in [1.54, 1.807) is 0 Å². The number of unbranched alkanes of at least 4 members (excludes halogenated alkanes) is 5. The average molecular weight is 253 g/mol. The summed E-state index contributed by atoms with van der Waals surface area (Å²) in [7, 11) is 0. The first-order valence-electron chi connectivity index (χ1n) is 7.59. The molecule has 2 fully saturated rings. The molecule has 2 rings (SSSR count). The number of carbonyl (C=O) groups excluding carboxylic acids is 1. The normalized spacial score (nSPS) is 23.6. The number of hydrogen-bond acceptors (Lipinski definition) is 2. The van der Waals surface area contributed by atoms with Gasteiger partial charge in [-0.1, -0.05) is 39.0 Å². The fraction of sp³-hybridized carbons (Fsp3) is 0.929. The summed E-state index contributed by atoms with van der Waals surface area (Å²) in [6.07, 6.45) is 7.77. The second-order valence-electron chi connectivity index (χ2n) is 5.55. The van der Waals surface area contributed by atoms with E-state index in [1.807, 2.05) is 4.90 Å². The molecule has 0 spiro atoms. The predicted octanol–water partition coefficient (Wildman–Crippen LogP) is 2.06. The van der Waals surface area contributed by atoms with Gasteiger partial charge in [-0.3, -0.25) is 0 Å².